The standard InChI is InChI=1S/C21H22N4.HI/c1-15-10-16(2)12-19(11-15)25-21(22)24-14-17-6-5-7-18(13-17)20-8-3-4-9-23-20;/h3-13H,14H2,1-2H3,(H3,22,24,25);1H. The fraction of sp³-hybridized carbons (Fsp3) is 0.143. The van der Waals surface area contributed by atoms with E-state index in [2.05, 4.69) is 53.4 Å². The largest absolute Gasteiger partial charge is 0.370 e. The lowest BCUT2D eigenvalue weighted by Gasteiger charge is -2.08. The molecule has 1 aromatic heterocycles. The van der Waals surface area contributed by atoms with Crippen molar-refractivity contribution in [1.29, 1.82) is 0 Å². The van der Waals surface area contributed by atoms with Crippen LogP contribution < -0.4 is 11.1 Å². The quantitative estimate of drug-likeness (QED) is 0.332. The van der Waals surface area contributed by atoms with Crippen molar-refractivity contribution in [2.24, 2.45) is 10.7 Å². The Hall–Kier alpha value is -2.41. The Morgan fingerprint density at radius 2 is 1.77 bits per heavy atom. The molecule has 1 heterocycles. The van der Waals surface area contributed by atoms with Crippen LogP contribution in [-0.2, 0) is 6.54 Å². The highest BCUT2D eigenvalue weighted by Crippen LogP contribution is 2.18. The molecule has 2 aromatic carbocycles. The number of benzene rings is 2. The van der Waals surface area contributed by atoms with Gasteiger partial charge in [-0.15, -0.1) is 24.0 Å². The molecule has 0 unspecified atom stereocenters. The van der Waals surface area contributed by atoms with Gasteiger partial charge >= 0.3 is 0 Å². The number of aryl methyl sites for hydroxylation is 2. The summed E-state index contributed by atoms with van der Waals surface area (Å²) in [6.45, 7) is 4.65. The molecule has 0 saturated carbocycles. The summed E-state index contributed by atoms with van der Waals surface area (Å²) in [5, 5.41) is 3.16. The highest BCUT2D eigenvalue weighted by molar-refractivity contribution is 14.0. The van der Waals surface area contributed by atoms with Crippen LogP contribution in [0.15, 0.2) is 71.9 Å². The van der Waals surface area contributed by atoms with Crippen molar-refractivity contribution >= 4 is 35.6 Å². The van der Waals surface area contributed by atoms with E-state index < -0.39 is 0 Å². The lowest BCUT2D eigenvalue weighted by atomic mass is 10.1. The average Bonchev–Trinajstić information content (AvgIpc) is 2.60. The van der Waals surface area contributed by atoms with Gasteiger partial charge in [0, 0.05) is 17.4 Å². The molecule has 26 heavy (non-hydrogen) atoms. The molecule has 0 fully saturated rings. The molecular formula is C21H23IN4. The molecule has 0 aliphatic heterocycles. The van der Waals surface area contributed by atoms with E-state index in [1.807, 2.05) is 36.4 Å². The Kier molecular flexibility index (Phi) is 7.15. The van der Waals surface area contributed by atoms with Crippen molar-refractivity contribution in [3.05, 3.63) is 83.6 Å². The first-order valence-electron chi connectivity index (χ1n) is 8.26. The number of aliphatic imine (C=N–C) groups is 1. The van der Waals surface area contributed by atoms with Crippen molar-refractivity contribution in [2.75, 3.05) is 5.32 Å². The summed E-state index contributed by atoms with van der Waals surface area (Å²) in [4.78, 5) is 8.83. The van der Waals surface area contributed by atoms with Gasteiger partial charge in [0.05, 0.1) is 12.2 Å². The zero-order chi connectivity index (χ0) is 17.6. The molecule has 134 valence electrons. The molecule has 0 spiro atoms. The van der Waals surface area contributed by atoms with E-state index in [-0.39, 0.29) is 24.0 Å². The van der Waals surface area contributed by atoms with Gasteiger partial charge in [-0.05, 0) is 60.9 Å². The van der Waals surface area contributed by atoms with E-state index >= 15 is 0 Å². The van der Waals surface area contributed by atoms with Gasteiger partial charge in [0.2, 0.25) is 0 Å². The van der Waals surface area contributed by atoms with Gasteiger partial charge in [0.15, 0.2) is 5.96 Å². The maximum absolute atomic E-state index is 6.03. The summed E-state index contributed by atoms with van der Waals surface area (Å²) in [5.74, 6) is 0.410. The number of rotatable bonds is 4. The summed E-state index contributed by atoms with van der Waals surface area (Å²) in [5.41, 5.74) is 12.5. The number of halogens is 1. The van der Waals surface area contributed by atoms with Crippen molar-refractivity contribution in [3.8, 4) is 11.3 Å². The zero-order valence-corrected chi connectivity index (χ0v) is 17.3. The first-order valence-corrected chi connectivity index (χ1v) is 8.26. The molecule has 0 saturated heterocycles. The molecule has 5 heteroatoms. The topological polar surface area (TPSA) is 63.3 Å². The molecule has 0 aliphatic carbocycles. The van der Waals surface area contributed by atoms with Crippen LogP contribution in [0.1, 0.15) is 16.7 Å². The third-order valence-corrected chi connectivity index (χ3v) is 3.81. The monoisotopic (exact) mass is 458 g/mol. The third kappa shape index (κ3) is 5.56. The van der Waals surface area contributed by atoms with E-state index in [4.69, 9.17) is 5.73 Å². The molecule has 3 rings (SSSR count). The Balaban J connectivity index is 0.00000243. The highest BCUT2D eigenvalue weighted by Gasteiger charge is 2.01. The molecule has 3 aromatic rings. The third-order valence-electron chi connectivity index (χ3n) is 3.81. The van der Waals surface area contributed by atoms with E-state index in [0.717, 1.165) is 22.5 Å². The van der Waals surface area contributed by atoms with Gasteiger partial charge in [0.1, 0.15) is 0 Å². The van der Waals surface area contributed by atoms with Crippen LogP contribution in [0.2, 0.25) is 0 Å². The van der Waals surface area contributed by atoms with Crippen LogP contribution >= 0.6 is 24.0 Å². The van der Waals surface area contributed by atoms with Crippen molar-refractivity contribution in [3.63, 3.8) is 0 Å². The predicted octanol–water partition coefficient (Wildman–Crippen LogP) is 4.91. The maximum Gasteiger partial charge on any atom is 0.193 e. The van der Waals surface area contributed by atoms with Gasteiger partial charge in [-0.3, -0.25) is 4.98 Å². The zero-order valence-electron chi connectivity index (χ0n) is 14.9. The molecule has 0 bridgehead atoms. The predicted molar refractivity (Wildman–Crippen MR) is 120 cm³/mol. The number of anilines is 1. The Labute approximate surface area is 171 Å². The molecular weight excluding hydrogens is 435 g/mol. The molecule has 4 nitrogen and oxygen atoms in total. The number of pyridine rings is 1. The maximum atomic E-state index is 6.03. The van der Waals surface area contributed by atoms with Gasteiger partial charge in [0.25, 0.3) is 0 Å². The van der Waals surface area contributed by atoms with Crippen LogP contribution in [0.25, 0.3) is 11.3 Å². The summed E-state index contributed by atoms with van der Waals surface area (Å²) in [7, 11) is 0. The minimum Gasteiger partial charge on any atom is -0.370 e. The van der Waals surface area contributed by atoms with Crippen LogP contribution in [0.4, 0.5) is 5.69 Å². The average molecular weight is 458 g/mol. The number of hydrogen-bond acceptors (Lipinski definition) is 2. The minimum absolute atomic E-state index is 0. The fourth-order valence-electron chi connectivity index (χ4n) is 2.77. The lowest BCUT2D eigenvalue weighted by Crippen LogP contribution is -2.22. The van der Waals surface area contributed by atoms with Gasteiger partial charge in [-0.1, -0.05) is 30.3 Å². The minimum atomic E-state index is 0. The fourth-order valence-corrected chi connectivity index (χ4v) is 2.77. The van der Waals surface area contributed by atoms with E-state index in [1.54, 1.807) is 6.20 Å². The SMILES string of the molecule is Cc1cc(C)cc(NC(N)=NCc2cccc(-c3ccccn3)c2)c1.I. The van der Waals surface area contributed by atoms with Crippen LogP contribution in [0.3, 0.4) is 0 Å². The second kappa shape index (κ2) is 9.33. The first kappa shape index (κ1) is 19.9. The number of hydrogen-bond donors (Lipinski definition) is 2. The summed E-state index contributed by atoms with van der Waals surface area (Å²) < 4.78 is 0. The second-order valence-corrected chi connectivity index (χ2v) is 6.12. The number of aromatic nitrogens is 1. The van der Waals surface area contributed by atoms with Crippen molar-refractivity contribution in [2.45, 2.75) is 20.4 Å². The number of nitrogens with two attached hydrogens (primary N) is 1. The van der Waals surface area contributed by atoms with E-state index in [0.29, 0.717) is 12.5 Å². The van der Waals surface area contributed by atoms with Crippen LogP contribution in [-0.4, -0.2) is 10.9 Å². The Morgan fingerprint density at radius 1 is 1.00 bits per heavy atom. The summed E-state index contributed by atoms with van der Waals surface area (Å²) in [6.07, 6.45) is 1.80. The number of nitrogens with zero attached hydrogens (tertiary/aromatic N) is 2. The van der Waals surface area contributed by atoms with Crippen molar-refractivity contribution in [1.82, 2.24) is 4.98 Å². The van der Waals surface area contributed by atoms with E-state index in [1.165, 1.54) is 11.1 Å². The van der Waals surface area contributed by atoms with Gasteiger partial charge in [-0.2, -0.15) is 0 Å². The summed E-state index contributed by atoms with van der Waals surface area (Å²) in [6, 6.07) is 20.3. The first-order chi connectivity index (χ1) is 12.1. The highest BCUT2D eigenvalue weighted by atomic mass is 127. The van der Waals surface area contributed by atoms with Gasteiger partial charge in [-0.25, -0.2) is 4.99 Å². The van der Waals surface area contributed by atoms with Crippen molar-refractivity contribution < 1.29 is 0 Å². The lowest BCUT2D eigenvalue weighted by molar-refractivity contribution is 1.06. The molecule has 0 amide bonds. The Bertz CT molecular complexity index is 871. The Morgan fingerprint density at radius 3 is 2.46 bits per heavy atom. The van der Waals surface area contributed by atoms with Gasteiger partial charge < -0.3 is 11.1 Å². The molecule has 0 aliphatic rings. The van der Waals surface area contributed by atoms with E-state index in [9.17, 15) is 0 Å². The smallest absolute Gasteiger partial charge is 0.193 e. The molecule has 0 radical (unpaired) electrons. The second-order valence-electron chi connectivity index (χ2n) is 6.12. The van der Waals surface area contributed by atoms with Crippen LogP contribution in [0.5, 0.6) is 0 Å². The number of guanidine groups is 1. The molecule has 3 N–H and O–H groups in total. The normalized spacial score (nSPS) is 10.9. The number of nitrogens with one attached hydrogen (secondary N) is 1. The molecule has 0 atom stereocenters. The summed E-state index contributed by atoms with van der Waals surface area (Å²) >= 11 is 0. The van der Waals surface area contributed by atoms with Crippen LogP contribution in [0, 0.1) is 13.8 Å².